The van der Waals surface area contributed by atoms with Crippen LogP contribution in [0, 0.1) is 0 Å². The van der Waals surface area contributed by atoms with E-state index in [0.717, 1.165) is 6.42 Å². The molecular formula is C14H24N2O4. The Morgan fingerprint density at radius 3 is 2.40 bits per heavy atom. The van der Waals surface area contributed by atoms with Crippen molar-refractivity contribution in [3.05, 3.63) is 0 Å². The van der Waals surface area contributed by atoms with E-state index in [0.29, 0.717) is 19.6 Å². The number of nitrogens with zero attached hydrogens (tertiary/aromatic N) is 1. The number of amides is 2. The smallest absolute Gasteiger partial charge is 0.326 e. The summed E-state index contributed by atoms with van der Waals surface area (Å²) in [5, 5.41) is 3.16. The summed E-state index contributed by atoms with van der Waals surface area (Å²) in [4.78, 5) is 36.5. The molecule has 1 unspecified atom stereocenters. The van der Waals surface area contributed by atoms with Crippen LogP contribution in [-0.4, -0.2) is 47.9 Å². The van der Waals surface area contributed by atoms with Crippen LogP contribution in [0.25, 0.3) is 0 Å². The van der Waals surface area contributed by atoms with E-state index in [1.807, 2.05) is 6.92 Å². The summed E-state index contributed by atoms with van der Waals surface area (Å²) in [6.45, 7) is 6.76. The first kappa shape index (κ1) is 16.6. The number of ether oxygens (including phenoxy) is 1. The minimum absolute atomic E-state index is 0.156. The van der Waals surface area contributed by atoms with Gasteiger partial charge in [-0.3, -0.25) is 19.3 Å². The molecule has 0 spiro atoms. The number of esters is 1. The van der Waals surface area contributed by atoms with Crippen molar-refractivity contribution in [1.82, 2.24) is 10.2 Å². The molecule has 0 radical (unpaired) electrons. The number of rotatable bonds is 8. The average Bonchev–Trinajstić information content (AvgIpc) is 2.74. The molecule has 2 amide bonds. The summed E-state index contributed by atoms with van der Waals surface area (Å²) in [7, 11) is 0. The van der Waals surface area contributed by atoms with E-state index in [2.05, 4.69) is 5.32 Å². The van der Waals surface area contributed by atoms with Crippen LogP contribution in [0.5, 0.6) is 0 Å². The summed E-state index contributed by atoms with van der Waals surface area (Å²) in [6, 6.07) is 0. The molecule has 114 valence electrons. The predicted octanol–water partition coefficient (Wildman–Crippen LogP) is 0.847. The van der Waals surface area contributed by atoms with Crippen LogP contribution in [0.15, 0.2) is 0 Å². The highest BCUT2D eigenvalue weighted by Crippen LogP contribution is 2.18. The number of likely N-dealkylation sites (tertiary alicyclic amines) is 1. The predicted molar refractivity (Wildman–Crippen MR) is 73.9 cm³/mol. The van der Waals surface area contributed by atoms with Gasteiger partial charge in [-0.1, -0.05) is 6.92 Å². The fourth-order valence-electron chi connectivity index (χ4n) is 2.16. The molecular weight excluding hydrogens is 260 g/mol. The second-order valence-corrected chi connectivity index (χ2v) is 5.17. The molecule has 0 aliphatic carbocycles. The Morgan fingerprint density at radius 1 is 1.30 bits per heavy atom. The zero-order valence-corrected chi connectivity index (χ0v) is 12.5. The second-order valence-electron chi connectivity index (χ2n) is 5.17. The zero-order chi connectivity index (χ0) is 15.2. The van der Waals surface area contributed by atoms with Crippen molar-refractivity contribution in [3.63, 3.8) is 0 Å². The summed E-state index contributed by atoms with van der Waals surface area (Å²) in [6.07, 6.45) is 1.80. The minimum Gasteiger partial charge on any atom is -0.465 e. The van der Waals surface area contributed by atoms with Gasteiger partial charge in [-0.05, 0) is 33.2 Å². The monoisotopic (exact) mass is 284 g/mol. The number of imide groups is 1. The number of carbonyl (C=O) groups excluding carboxylic acids is 3. The zero-order valence-electron chi connectivity index (χ0n) is 12.5. The van der Waals surface area contributed by atoms with Gasteiger partial charge in [0.15, 0.2) is 0 Å². The van der Waals surface area contributed by atoms with Crippen molar-refractivity contribution in [2.75, 3.05) is 19.7 Å². The van der Waals surface area contributed by atoms with E-state index in [1.54, 1.807) is 13.8 Å². The number of nitrogens with one attached hydrogen (secondary N) is 1. The molecule has 0 aromatic carbocycles. The molecule has 0 saturated carbocycles. The van der Waals surface area contributed by atoms with E-state index in [-0.39, 0.29) is 37.2 Å². The molecule has 1 saturated heterocycles. The van der Waals surface area contributed by atoms with Crippen molar-refractivity contribution in [2.24, 2.45) is 0 Å². The van der Waals surface area contributed by atoms with Gasteiger partial charge in [0, 0.05) is 19.4 Å². The van der Waals surface area contributed by atoms with Gasteiger partial charge >= 0.3 is 5.97 Å². The molecule has 0 aromatic rings. The largest absolute Gasteiger partial charge is 0.465 e. The van der Waals surface area contributed by atoms with Gasteiger partial charge in [-0.25, -0.2) is 0 Å². The highest BCUT2D eigenvalue weighted by atomic mass is 16.5. The molecule has 1 aliphatic rings. The van der Waals surface area contributed by atoms with Gasteiger partial charge in [-0.2, -0.15) is 0 Å². The first-order valence-corrected chi connectivity index (χ1v) is 7.20. The van der Waals surface area contributed by atoms with Gasteiger partial charge < -0.3 is 10.1 Å². The molecule has 1 heterocycles. The molecule has 6 nitrogen and oxygen atoms in total. The van der Waals surface area contributed by atoms with Crippen molar-refractivity contribution in [2.45, 2.75) is 52.0 Å². The SMILES string of the molecule is CCCNC(C)(CCN1C(=O)CCC1=O)C(=O)OCC. The Morgan fingerprint density at radius 2 is 1.90 bits per heavy atom. The van der Waals surface area contributed by atoms with E-state index in [4.69, 9.17) is 4.74 Å². The Bertz CT molecular complexity index is 367. The molecule has 0 bridgehead atoms. The highest BCUT2D eigenvalue weighted by Gasteiger charge is 2.37. The van der Waals surface area contributed by atoms with Gasteiger partial charge in [0.2, 0.25) is 11.8 Å². The maximum Gasteiger partial charge on any atom is 0.326 e. The van der Waals surface area contributed by atoms with Crippen LogP contribution in [0.2, 0.25) is 0 Å². The summed E-state index contributed by atoms with van der Waals surface area (Å²) < 4.78 is 5.08. The van der Waals surface area contributed by atoms with Gasteiger partial charge in [0.05, 0.1) is 6.61 Å². The summed E-state index contributed by atoms with van der Waals surface area (Å²) in [5.74, 6) is -0.652. The topological polar surface area (TPSA) is 75.7 Å². The van der Waals surface area contributed by atoms with Crippen molar-refractivity contribution in [3.8, 4) is 0 Å². The molecule has 1 N–H and O–H groups in total. The van der Waals surface area contributed by atoms with Crippen LogP contribution >= 0.6 is 0 Å². The molecule has 20 heavy (non-hydrogen) atoms. The van der Waals surface area contributed by atoms with Crippen molar-refractivity contribution in [1.29, 1.82) is 0 Å². The fourth-order valence-corrected chi connectivity index (χ4v) is 2.16. The standard InChI is InChI=1S/C14H24N2O4/c1-4-9-15-14(3,13(19)20-5-2)8-10-16-11(17)6-7-12(16)18/h15H,4-10H2,1-3H3. The third-order valence-electron chi connectivity index (χ3n) is 3.48. The van der Waals surface area contributed by atoms with Gasteiger partial charge in [0.25, 0.3) is 0 Å². The highest BCUT2D eigenvalue weighted by molar-refractivity contribution is 6.01. The first-order chi connectivity index (χ1) is 9.44. The third kappa shape index (κ3) is 4.03. The lowest BCUT2D eigenvalue weighted by atomic mass is 9.97. The van der Waals surface area contributed by atoms with Crippen LogP contribution in [0.1, 0.15) is 46.5 Å². The maximum absolute atomic E-state index is 12.1. The lowest BCUT2D eigenvalue weighted by Gasteiger charge is -2.30. The molecule has 1 atom stereocenters. The lowest BCUT2D eigenvalue weighted by Crippen LogP contribution is -2.52. The van der Waals surface area contributed by atoms with Gasteiger partial charge in [-0.15, -0.1) is 0 Å². The molecule has 6 heteroatoms. The Kier molecular flexibility index (Phi) is 6.13. The van der Waals surface area contributed by atoms with E-state index in [9.17, 15) is 14.4 Å². The maximum atomic E-state index is 12.1. The fraction of sp³-hybridized carbons (Fsp3) is 0.786. The molecule has 1 aliphatic heterocycles. The van der Waals surface area contributed by atoms with Crippen LogP contribution in [0.3, 0.4) is 0 Å². The van der Waals surface area contributed by atoms with E-state index >= 15 is 0 Å². The van der Waals surface area contributed by atoms with Crippen LogP contribution < -0.4 is 5.32 Å². The molecule has 1 fully saturated rings. The minimum atomic E-state index is -0.866. The second kappa shape index (κ2) is 7.38. The molecule has 0 aromatic heterocycles. The third-order valence-corrected chi connectivity index (χ3v) is 3.48. The Balaban J connectivity index is 2.66. The quantitative estimate of drug-likeness (QED) is 0.528. The summed E-state index contributed by atoms with van der Waals surface area (Å²) in [5.41, 5.74) is -0.866. The van der Waals surface area contributed by atoms with Crippen molar-refractivity contribution >= 4 is 17.8 Å². The first-order valence-electron chi connectivity index (χ1n) is 7.20. The molecule has 1 rings (SSSR count). The lowest BCUT2D eigenvalue weighted by molar-refractivity contribution is -0.152. The van der Waals surface area contributed by atoms with Crippen LogP contribution in [-0.2, 0) is 19.1 Å². The number of hydrogen-bond donors (Lipinski definition) is 1. The Hall–Kier alpha value is -1.43. The normalized spacial score (nSPS) is 18.2. The number of carbonyl (C=O) groups is 3. The van der Waals surface area contributed by atoms with E-state index in [1.165, 1.54) is 4.90 Å². The van der Waals surface area contributed by atoms with Crippen molar-refractivity contribution < 1.29 is 19.1 Å². The van der Waals surface area contributed by atoms with E-state index < -0.39 is 5.54 Å². The van der Waals surface area contributed by atoms with Crippen LogP contribution in [0.4, 0.5) is 0 Å². The average molecular weight is 284 g/mol. The van der Waals surface area contributed by atoms with Gasteiger partial charge in [0.1, 0.15) is 5.54 Å². The summed E-state index contributed by atoms with van der Waals surface area (Å²) >= 11 is 0. The Labute approximate surface area is 119 Å². The number of hydrogen-bond acceptors (Lipinski definition) is 5.